The van der Waals surface area contributed by atoms with Gasteiger partial charge in [-0.3, -0.25) is 4.79 Å². The Morgan fingerprint density at radius 3 is 3.00 bits per heavy atom. The van der Waals surface area contributed by atoms with Gasteiger partial charge < -0.3 is 4.90 Å². The SMILES string of the molecule is Cc1ccc2c(c1)[C@@H](C)CC1=CC(=O)CCN12. The largest absolute Gasteiger partial charge is 0.344 e. The van der Waals surface area contributed by atoms with Crippen LogP contribution in [0.25, 0.3) is 0 Å². The van der Waals surface area contributed by atoms with Crippen molar-refractivity contribution < 1.29 is 4.79 Å². The van der Waals surface area contributed by atoms with Gasteiger partial charge in [-0.2, -0.15) is 0 Å². The molecule has 0 bridgehead atoms. The Morgan fingerprint density at radius 2 is 2.18 bits per heavy atom. The number of ketones is 1. The van der Waals surface area contributed by atoms with E-state index in [2.05, 4.69) is 36.9 Å². The summed E-state index contributed by atoms with van der Waals surface area (Å²) in [5.74, 6) is 0.789. The third-order valence-corrected chi connectivity index (χ3v) is 3.78. The van der Waals surface area contributed by atoms with Crippen molar-refractivity contribution in [1.82, 2.24) is 0 Å². The minimum absolute atomic E-state index is 0.277. The molecular weight excluding hydrogens is 210 g/mol. The molecule has 0 saturated heterocycles. The molecule has 2 nitrogen and oxygen atoms in total. The van der Waals surface area contributed by atoms with Crippen LogP contribution in [0.5, 0.6) is 0 Å². The Kier molecular flexibility index (Phi) is 2.32. The fourth-order valence-electron chi connectivity index (χ4n) is 2.88. The second kappa shape index (κ2) is 3.73. The Hall–Kier alpha value is -1.57. The number of hydrogen-bond acceptors (Lipinski definition) is 2. The van der Waals surface area contributed by atoms with Crippen LogP contribution in [0.15, 0.2) is 30.0 Å². The van der Waals surface area contributed by atoms with Crippen LogP contribution in [0.3, 0.4) is 0 Å². The normalized spacial score (nSPS) is 22.9. The lowest BCUT2D eigenvalue weighted by atomic mass is 9.86. The summed E-state index contributed by atoms with van der Waals surface area (Å²) in [6.07, 6.45) is 3.47. The lowest BCUT2D eigenvalue weighted by Gasteiger charge is -2.38. The van der Waals surface area contributed by atoms with Crippen LogP contribution in [0.2, 0.25) is 0 Å². The number of benzene rings is 1. The summed E-state index contributed by atoms with van der Waals surface area (Å²) in [7, 11) is 0. The quantitative estimate of drug-likeness (QED) is 0.678. The average Bonchev–Trinajstić information content (AvgIpc) is 2.29. The lowest BCUT2D eigenvalue weighted by molar-refractivity contribution is -0.114. The van der Waals surface area contributed by atoms with Crippen molar-refractivity contribution in [3.63, 3.8) is 0 Å². The molecule has 0 aliphatic carbocycles. The molecule has 0 aromatic heterocycles. The fourth-order valence-corrected chi connectivity index (χ4v) is 2.88. The van der Waals surface area contributed by atoms with Crippen LogP contribution in [-0.2, 0) is 4.79 Å². The highest BCUT2D eigenvalue weighted by Gasteiger charge is 2.29. The van der Waals surface area contributed by atoms with Crippen LogP contribution < -0.4 is 4.90 Å². The predicted molar refractivity (Wildman–Crippen MR) is 69.3 cm³/mol. The number of hydrogen-bond donors (Lipinski definition) is 0. The number of rotatable bonds is 0. The van der Waals surface area contributed by atoms with Gasteiger partial charge in [0.05, 0.1) is 0 Å². The zero-order valence-electron chi connectivity index (χ0n) is 10.4. The van der Waals surface area contributed by atoms with E-state index in [0.717, 1.165) is 13.0 Å². The van der Waals surface area contributed by atoms with Gasteiger partial charge in [-0.05, 0) is 30.9 Å². The maximum Gasteiger partial charge on any atom is 0.159 e. The number of carbonyl (C=O) groups excluding carboxylic acids is 1. The van der Waals surface area contributed by atoms with Crippen molar-refractivity contribution in [3.8, 4) is 0 Å². The molecule has 0 radical (unpaired) electrons. The number of carbonyl (C=O) groups is 1. The van der Waals surface area contributed by atoms with Crippen LogP contribution in [-0.4, -0.2) is 12.3 Å². The average molecular weight is 227 g/mol. The Morgan fingerprint density at radius 1 is 1.35 bits per heavy atom. The summed E-state index contributed by atoms with van der Waals surface area (Å²) in [6.45, 7) is 5.22. The van der Waals surface area contributed by atoms with Gasteiger partial charge in [0, 0.05) is 30.4 Å². The summed E-state index contributed by atoms with van der Waals surface area (Å²) in [4.78, 5) is 13.8. The van der Waals surface area contributed by atoms with Gasteiger partial charge in [0.15, 0.2) is 5.78 Å². The Balaban J connectivity index is 2.12. The second-order valence-corrected chi connectivity index (χ2v) is 5.17. The highest BCUT2D eigenvalue weighted by molar-refractivity contribution is 5.93. The van der Waals surface area contributed by atoms with Gasteiger partial charge in [0.25, 0.3) is 0 Å². The van der Waals surface area contributed by atoms with Gasteiger partial charge in [-0.15, -0.1) is 0 Å². The molecule has 0 N–H and O–H groups in total. The first-order valence-corrected chi connectivity index (χ1v) is 6.26. The number of anilines is 1. The smallest absolute Gasteiger partial charge is 0.159 e. The fraction of sp³-hybridized carbons (Fsp3) is 0.400. The minimum atomic E-state index is 0.277. The molecule has 0 amide bonds. The molecule has 1 atom stereocenters. The molecule has 17 heavy (non-hydrogen) atoms. The van der Waals surface area contributed by atoms with Crippen molar-refractivity contribution in [3.05, 3.63) is 41.1 Å². The van der Waals surface area contributed by atoms with Gasteiger partial charge in [0.1, 0.15) is 0 Å². The summed E-state index contributed by atoms with van der Waals surface area (Å²) in [6, 6.07) is 6.64. The first kappa shape index (κ1) is 10.6. The maximum absolute atomic E-state index is 11.5. The molecule has 88 valence electrons. The van der Waals surface area contributed by atoms with Crippen LogP contribution in [0, 0.1) is 6.92 Å². The topological polar surface area (TPSA) is 20.3 Å². The van der Waals surface area contributed by atoms with Crippen LogP contribution in [0.1, 0.15) is 36.8 Å². The van der Waals surface area contributed by atoms with Crippen molar-refractivity contribution in [1.29, 1.82) is 0 Å². The van der Waals surface area contributed by atoms with Gasteiger partial charge in [0.2, 0.25) is 0 Å². The number of nitrogens with zero attached hydrogens (tertiary/aromatic N) is 1. The molecule has 0 fully saturated rings. The number of fused-ring (bicyclic) bond motifs is 3. The Bertz CT molecular complexity index is 516. The first-order valence-electron chi connectivity index (χ1n) is 6.26. The predicted octanol–water partition coefficient (Wildman–Crippen LogP) is 3.17. The molecule has 2 heterocycles. The second-order valence-electron chi connectivity index (χ2n) is 5.17. The van der Waals surface area contributed by atoms with E-state index in [-0.39, 0.29) is 5.78 Å². The molecule has 0 saturated carbocycles. The van der Waals surface area contributed by atoms with E-state index in [9.17, 15) is 4.79 Å². The standard InChI is InChI=1S/C15H17NO/c1-10-3-4-15-14(7-10)11(2)8-12-9-13(17)5-6-16(12)15/h3-4,7,9,11H,5-6,8H2,1-2H3/t11-/m0/s1. The molecule has 2 aliphatic heterocycles. The summed E-state index contributed by atoms with van der Waals surface area (Å²) in [5.41, 5.74) is 5.24. The monoisotopic (exact) mass is 227 g/mol. The van der Waals surface area contributed by atoms with Gasteiger partial charge in [-0.25, -0.2) is 0 Å². The molecule has 2 aliphatic rings. The van der Waals surface area contributed by atoms with Crippen LogP contribution >= 0.6 is 0 Å². The van der Waals surface area contributed by atoms with Crippen molar-refractivity contribution in [2.24, 2.45) is 0 Å². The van der Waals surface area contributed by atoms with E-state index in [0.29, 0.717) is 12.3 Å². The van der Waals surface area contributed by atoms with Gasteiger partial charge >= 0.3 is 0 Å². The summed E-state index contributed by atoms with van der Waals surface area (Å²) >= 11 is 0. The summed E-state index contributed by atoms with van der Waals surface area (Å²) < 4.78 is 0. The first-order chi connectivity index (χ1) is 8.15. The van der Waals surface area contributed by atoms with Gasteiger partial charge in [-0.1, -0.05) is 24.6 Å². The zero-order chi connectivity index (χ0) is 12.0. The molecule has 0 spiro atoms. The maximum atomic E-state index is 11.5. The van der Waals surface area contributed by atoms with E-state index >= 15 is 0 Å². The zero-order valence-corrected chi connectivity index (χ0v) is 10.4. The highest BCUT2D eigenvalue weighted by atomic mass is 16.1. The minimum Gasteiger partial charge on any atom is -0.344 e. The Labute approximate surface area is 102 Å². The molecule has 1 aromatic rings. The molecule has 1 aromatic carbocycles. The van der Waals surface area contributed by atoms with E-state index in [1.54, 1.807) is 0 Å². The molecule has 3 rings (SSSR count). The molecular formula is C15H17NO. The number of allylic oxidation sites excluding steroid dienone is 2. The van der Waals surface area contributed by atoms with Crippen molar-refractivity contribution in [2.75, 3.05) is 11.4 Å². The molecule has 2 heteroatoms. The van der Waals surface area contributed by atoms with E-state index in [1.165, 1.54) is 22.5 Å². The third-order valence-electron chi connectivity index (χ3n) is 3.78. The van der Waals surface area contributed by atoms with Crippen molar-refractivity contribution >= 4 is 11.5 Å². The lowest BCUT2D eigenvalue weighted by Crippen LogP contribution is -2.34. The molecule has 0 unspecified atom stereocenters. The number of aryl methyl sites for hydroxylation is 1. The van der Waals surface area contributed by atoms with E-state index in [1.807, 2.05) is 6.08 Å². The third kappa shape index (κ3) is 1.68. The van der Waals surface area contributed by atoms with Crippen molar-refractivity contribution in [2.45, 2.75) is 32.6 Å². The highest BCUT2D eigenvalue weighted by Crippen LogP contribution is 2.41. The van der Waals surface area contributed by atoms with E-state index < -0.39 is 0 Å². The van der Waals surface area contributed by atoms with Crippen LogP contribution in [0.4, 0.5) is 5.69 Å². The summed E-state index contributed by atoms with van der Waals surface area (Å²) in [5, 5.41) is 0. The van der Waals surface area contributed by atoms with E-state index in [4.69, 9.17) is 0 Å².